The monoisotopic (exact) mass is 497 g/mol. The number of carbonyl (C=O) groups is 5. The van der Waals surface area contributed by atoms with Crippen LogP contribution in [0.3, 0.4) is 0 Å². The molecule has 0 saturated carbocycles. The SMILES string of the molecule is CC(CN(CC(=O)O)CC(Cc1ccccc1)N(CC(=O)O)CC(=O)O)N(CC(=O)O)CC(=O)O. The van der Waals surface area contributed by atoms with E-state index in [1.54, 1.807) is 37.3 Å². The summed E-state index contributed by atoms with van der Waals surface area (Å²) in [6.45, 7) is -1.39. The third-order valence-electron chi connectivity index (χ3n) is 5.16. The minimum atomic E-state index is -1.25. The Kier molecular flexibility index (Phi) is 12.3. The summed E-state index contributed by atoms with van der Waals surface area (Å²) < 4.78 is 0. The number of carboxylic acid groups (broad SMARTS) is 5. The highest BCUT2D eigenvalue weighted by atomic mass is 16.4. The van der Waals surface area contributed by atoms with Gasteiger partial charge in [0.05, 0.1) is 32.7 Å². The summed E-state index contributed by atoms with van der Waals surface area (Å²) in [4.78, 5) is 60.5. The van der Waals surface area contributed by atoms with Crippen LogP contribution in [0.4, 0.5) is 0 Å². The zero-order chi connectivity index (χ0) is 26.5. The highest BCUT2D eigenvalue weighted by molar-refractivity contribution is 5.73. The number of nitrogens with zero attached hydrogens (tertiary/aromatic N) is 3. The van der Waals surface area contributed by atoms with E-state index in [0.29, 0.717) is 0 Å². The molecular weight excluding hydrogens is 466 g/mol. The van der Waals surface area contributed by atoms with Crippen LogP contribution in [0, 0.1) is 0 Å². The lowest BCUT2D eigenvalue weighted by Crippen LogP contribution is -2.53. The Morgan fingerprint density at radius 3 is 1.51 bits per heavy atom. The predicted molar refractivity (Wildman–Crippen MR) is 121 cm³/mol. The molecule has 1 rings (SSSR count). The summed E-state index contributed by atoms with van der Waals surface area (Å²) in [5.74, 6) is -6.22. The van der Waals surface area contributed by atoms with Crippen molar-refractivity contribution in [3.63, 3.8) is 0 Å². The Morgan fingerprint density at radius 2 is 1.09 bits per heavy atom. The van der Waals surface area contributed by atoms with Crippen molar-refractivity contribution in [2.45, 2.75) is 25.4 Å². The summed E-state index contributed by atoms with van der Waals surface area (Å²) in [5.41, 5.74) is 0.778. The van der Waals surface area contributed by atoms with Gasteiger partial charge in [-0.3, -0.25) is 38.7 Å². The van der Waals surface area contributed by atoms with Crippen LogP contribution in [0.25, 0.3) is 0 Å². The smallest absolute Gasteiger partial charge is 0.317 e. The highest BCUT2D eigenvalue weighted by Gasteiger charge is 2.29. The van der Waals surface area contributed by atoms with Crippen molar-refractivity contribution in [3.8, 4) is 0 Å². The molecule has 2 unspecified atom stereocenters. The van der Waals surface area contributed by atoms with E-state index in [9.17, 15) is 39.3 Å². The van der Waals surface area contributed by atoms with Crippen LogP contribution in [0.2, 0.25) is 0 Å². The van der Waals surface area contributed by atoms with E-state index in [4.69, 9.17) is 10.2 Å². The molecule has 1 aromatic rings. The van der Waals surface area contributed by atoms with Crippen molar-refractivity contribution in [2.24, 2.45) is 0 Å². The molecule has 2 atom stereocenters. The van der Waals surface area contributed by atoms with Crippen LogP contribution in [-0.4, -0.2) is 128 Å². The second kappa shape index (κ2) is 14.7. The Labute approximate surface area is 201 Å². The summed E-state index contributed by atoms with van der Waals surface area (Å²) in [6, 6.07) is 7.45. The normalized spacial score (nSPS) is 13.0. The van der Waals surface area contributed by atoms with Crippen LogP contribution < -0.4 is 0 Å². The van der Waals surface area contributed by atoms with Gasteiger partial charge in [0, 0.05) is 25.2 Å². The van der Waals surface area contributed by atoms with Crippen LogP contribution in [0.5, 0.6) is 0 Å². The molecule has 0 aliphatic carbocycles. The average molecular weight is 498 g/mol. The number of carboxylic acids is 5. The van der Waals surface area contributed by atoms with Crippen molar-refractivity contribution in [2.75, 3.05) is 45.8 Å². The molecular formula is C22H31N3O10. The largest absolute Gasteiger partial charge is 0.480 e. The third kappa shape index (κ3) is 12.5. The molecule has 0 heterocycles. The first-order chi connectivity index (χ1) is 16.4. The molecule has 0 fully saturated rings. The molecule has 194 valence electrons. The molecule has 0 bridgehead atoms. The van der Waals surface area contributed by atoms with Gasteiger partial charge in [0.25, 0.3) is 0 Å². The van der Waals surface area contributed by atoms with Gasteiger partial charge in [-0.25, -0.2) is 0 Å². The summed E-state index contributed by atoms with van der Waals surface area (Å²) >= 11 is 0. The maximum atomic E-state index is 11.5. The molecule has 0 aromatic heterocycles. The first kappa shape index (κ1) is 29.5. The Hall–Kier alpha value is -3.55. The quantitative estimate of drug-likeness (QED) is 0.171. The first-order valence-corrected chi connectivity index (χ1v) is 10.7. The van der Waals surface area contributed by atoms with Gasteiger partial charge in [-0.2, -0.15) is 0 Å². The number of rotatable bonds is 18. The van der Waals surface area contributed by atoms with Crippen molar-refractivity contribution in [3.05, 3.63) is 35.9 Å². The standard InChI is InChI=1S/C22H31N3O10/c1-15(24(11-19(28)29)12-20(30)31)8-23(10-18(26)27)9-17(7-16-5-3-2-4-6-16)25(13-21(32)33)14-22(34)35/h2-6,15,17H,7-14H2,1H3,(H,26,27)(H,28,29)(H,30,31)(H,32,33)(H,34,35). The van der Waals surface area contributed by atoms with Crippen LogP contribution in [0.15, 0.2) is 30.3 Å². The first-order valence-electron chi connectivity index (χ1n) is 10.7. The molecule has 0 aliphatic rings. The van der Waals surface area contributed by atoms with Gasteiger partial charge >= 0.3 is 29.8 Å². The lowest BCUT2D eigenvalue weighted by molar-refractivity contribution is -0.144. The maximum Gasteiger partial charge on any atom is 0.317 e. The van der Waals surface area contributed by atoms with Crippen LogP contribution in [-0.2, 0) is 30.4 Å². The van der Waals surface area contributed by atoms with E-state index in [1.807, 2.05) is 0 Å². The third-order valence-corrected chi connectivity index (χ3v) is 5.16. The summed E-state index contributed by atoms with van der Waals surface area (Å²) in [5, 5.41) is 46.3. The van der Waals surface area contributed by atoms with E-state index in [0.717, 1.165) is 10.5 Å². The van der Waals surface area contributed by atoms with Gasteiger partial charge in [0.15, 0.2) is 0 Å². The number of benzene rings is 1. The Balaban J connectivity index is 3.23. The Morgan fingerprint density at radius 1 is 0.657 bits per heavy atom. The zero-order valence-corrected chi connectivity index (χ0v) is 19.3. The molecule has 0 spiro atoms. The van der Waals surface area contributed by atoms with Gasteiger partial charge in [-0.05, 0) is 18.9 Å². The molecule has 1 aromatic carbocycles. The Bertz CT molecular complexity index is 847. The fourth-order valence-corrected chi connectivity index (χ4v) is 3.75. The average Bonchev–Trinajstić information content (AvgIpc) is 2.71. The van der Waals surface area contributed by atoms with Gasteiger partial charge in [0.1, 0.15) is 0 Å². The molecule has 0 radical (unpaired) electrons. The zero-order valence-electron chi connectivity index (χ0n) is 19.3. The van der Waals surface area contributed by atoms with Crippen molar-refractivity contribution >= 4 is 29.8 Å². The van der Waals surface area contributed by atoms with Crippen LogP contribution >= 0.6 is 0 Å². The lowest BCUT2D eigenvalue weighted by Gasteiger charge is -2.36. The second-order valence-electron chi connectivity index (χ2n) is 8.17. The predicted octanol–water partition coefficient (Wildman–Crippen LogP) is -0.685. The van der Waals surface area contributed by atoms with Crippen molar-refractivity contribution in [1.29, 1.82) is 0 Å². The molecule has 13 nitrogen and oxygen atoms in total. The number of hydrogen-bond acceptors (Lipinski definition) is 8. The molecule has 0 saturated heterocycles. The van der Waals surface area contributed by atoms with E-state index in [-0.39, 0.29) is 19.5 Å². The highest BCUT2D eigenvalue weighted by Crippen LogP contribution is 2.13. The second-order valence-corrected chi connectivity index (χ2v) is 8.17. The van der Waals surface area contributed by atoms with E-state index in [1.165, 1.54) is 9.80 Å². The maximum absolute atomic E-state index is 11.5. The molecule has 0 amide bonds. The van der Waals surface area contributed by atoms with Crippen molar-refractivity contribution in [1.82, 2.24) is 14.7 Å². The minimum absolute atomic E-state index is 0.0495. The molecule has 35 heavy (non-hydrogen) atoms. The van der Waals surface area contributed by atoms with E-state index >= 15 is 0 Å². The minimum Gasteiger partial charge on any atom is -0.480 e. The molecule has 0 aliphatic heterocycles. The van der Waals surface area contributed by atoms with Gasteiger partial charge in [-0.15, -0.1) is 0 Å². The van der Waals surface area contributed by atoms with Gasteiger partial charge < -0.3 is 25.5 Å². The molecule has 13 heteroatoms. The fraction of sp³-hybridized carbons (Fsp3) is 0.500. The van der Waals surface area contributed by atoms with Gasteiger partial charge in [0.2, 0.25) is 0 Å². The topological polar surface area (TPSA) is 196 Å². The number of aliphatic carboxylic acids is 5. The van der Waals surface area contributed by atoms with Gasteiger partial charge in [-0.1, -0.05) is 30.3 Å². The fourth-order valence-electron chi connectivity index (χ4n) is 3.75. The summed E-state index contributed by atoms with van der Waals surface area (Å²) in [6.07, 6.45) is 0.222. The van der Waals surface area contributed by atoms with E-state index in [2.05, 4.69) is 0 Å². The van der Waals surface area contributed by atoms with Crippen LogP contribution in [0.1, 0.15) is 12.5 Å². The molecule has 5 N–H and O–H groups in total. The van der Waals surface area contributed by atoms with Crippen molar-refractivity contribution < 1.29 is 49.5 Å². The number of hydrogen-bond donors (Lipinski definition) is 5. The lowest BCUT2D eigenvalue weighted by atomic mass is 10.0. The van der Waals surface area contributed by atoms with E-state index < -0.39 is 74.7 Å². The summed E-state index contributed by atoms with van der Waals surface area (Å²) in [7, 11) is 0.